The molecule has 19 heavy (non-hydrogen) atoms. The molecule has 1 aromatic carbocycles. The van der Waals surface area contributed by atoms with Gasteiger partial charge in [-0.25, -0.2) is 10.2 Å². The van der Waals surface area contributed by atoms with Crippen LogP contribution in [0.3, 0.4) is 0 Å². The summed E-state index contributed by atoms with van der Waals surface area (Å²) in [5, 5.41) is 3.74. The monoisotopic (exact) mass is 260 g/mol. The molecular weight excluding hydrogens is 240 g/mol. The molecule has 0 aliphatic carbocycles. The fraction of sp³-hybridized carbons (Fsp3) is 0.429. The Kier molecular flexibility index (Phi) is 4.78. The van der Waals surface area contributed by atoms with Crippen molar-refractivity contribution >= 4 is 17.9 Å². The molecule has 1 aromatic rings. The van der Waals surface area contributed by atoms with Gasteiger partial charge in [-0.2, -0.15) is 5.10 Å². The molecule has 0 atom stereocenters. The van der Waals surface area contributed by atoms with Crippen LogP contribution in [-0.2, 0) is 0 Å². The molecule has 0 radical (unpaired) electrons. The Morgan fingerprint density at radius 3 is 2.37 bits per heavy atom. The molecule has 5 heteroatoms. The summed E-state index contributed by atoms with van der Waals surface area (Å²) in [4.78, 5) is 12.9. The number of hydrogen-bond acceptors (Lipinski definition) is 3. The van der Waals surface area contributed by atoms with E-state index in [1.54, 1.807) is 6.21 Å². The quantitative estimate of drug-likeness (QED) is 0.645. The molecule has 102 valence electrons. The lowest BCUT2D eigenvalue weighted by atomic mass is 10.2. The molecule has 0 spiro atoms. The minimum absolute atomic E-state index is 0.655. The van der Waals surface area contributed by atoms with Crippen LogP contribution >= 0.6 is 0 Å². The number of nitrogens with one attached hydrogen (secondary N) is 1. The average molecular weight is 260 g/mol. The Morgan fingerprint density at radius 2 is 1.79 bits per heavy atom. The van der Waals surface area contributed by atoms with Crippen molar-refractivity contribution < 1.29 is 4.79 Å². The Morgan fingerprint density at radius 1 is 1.16 bits per heavy atom. The molecule has 5 nitrogen and oxygen atoms in total. The molecule has 1 aliphatic heterocycles. The second kappa shape index (κ2) is 6.78. The summed E-state index contributed by atoms with van der Waals surface area (Å²) in [6.07, 6.45) is 6.79. The minimum Gasteiger partial charge on any atom is -0.372 e. The van der Waals surface area contributed by atoms with Gasteiger partial charge in [-0.1, -0.05) is 25.0 Å². The predicted octanol–water partition coefficient (Wildman–Crippen LogP) is 2.07. The van der Waals surface area contributed by atoms with Crippen LogP contribution in [0.4, 0.5) is 10.5 Å². The van der Waals surface area contributed by atoms with E-state index < -0.39 is 6.03 Å². The van der Waals surface area contributed by atoms with Gasteiger partial charge in [-0.15, -0.1) is 0 Å². The van der Waals surface area contributed by atoms with E-state index in [9.17, 15) is 4.79 Å². The van der Waals surface area contributed by atoms with Crippen LogP contribution in [-0.4, -0.2) is 25.3 Å². The first kappa shape index (κ1) is 13.4. The second-order valence-electron chi connectivity index (χ2n) is 4.73. The van der Waals surface area contributed by atoms with Crippen LogP contribution in [0.5, 0.6) is 0 Å². The van der Waals surface area contributed by atoms with Crippen molar-refractivity contribution in [3.63, 3.8) is 0 Å². The van der Waals surface area contributed by atoms with Crippen LogP contribution in [0.2, 0.25) is 0 Å². The van der Waals surface area contributed by atoms with Gasteiger partial charge in [-0.3, -0.25) is 0 Å². The van der Waals surface area contributed by atoms with E-state index in [0.29, 0.717) is 0 Å². The zero-order valence-corrected chi connectivity index (χ0v) is 11.0. The Balaban J connectivity index is 1.97. The minimum atomic E-state index is -0.655. The van der Waals surface area contributed by atoms with E-state index >= 15 is 0 Å². The van der Waals surface area contributed by atoms with Crippen molar-refractivity contribution in [3.05, 3.63) is 29.8 Å². The van der Waals surface area contributed by atoms with Gasteiger partial charge in [0.25, 0.3) is 0 Å². The van der Waals surface area contributed by atoms with Gasteiger partial charge in [0.2, 0.25) is 0 Å². The van der Waals surface area contributed by atoms with Gasteiger partial charge in [-0.05, 0) is 30.5 Å². The van der Waals surface area contributed by atoms with Crippen molar-refractivity contribution in [2.45, 2.75) is 25.7 Å². The van der Waals surface area contributed by atoms with E-state index in [1.807, 2.05) is 12.1 Å². The topological polar surface area (TPSA) is 70.7 Å². The maximum absolute atomic E-state index is 10.5. The molecule has 2 rings (SSSR count). The Hall–Kier alpha value is -2.04. The lowest BCUT2D eigenvalue weighted by molar-refractivity contribution is 0.249. The normalized spacial score (nSPS) is 16.3. The average Bonchev–Trinajstić information content (AvgIpc) is 2.68. The van der Waals surface area contributed by atoms with Gasteiger partial charge in [0.1, 0.15) is 0 Å². The smallest absolute Gasteiger partial charge is 0.332 e. The number of hydrazone groups is 1. The highest BCUT2D eigenvalue weighted by molar-refractivity contribution is 5.82. The van der Waals surface area contributed by atoms with Crippen molar-refractivity contribution in [1.82, 2.24) is 5.43 Å². The number of hydrogen-bond donors (Lipinski definition) is 2. The van der Waals surface area contributed by atoms with Gasteiger partial charge in [0.05, 0.1) is 6.21 Å². The molecule has 1 fully saturated rings. The third kappa shape index (κ3) is 4.28. The van der Waals surface area contributed by atoms with E-state index in [4.69, 9.17) is 5.73 Å². The number of carbonyl (C=O) groups is 1. The predicted molar refractivity (Wildman–Crippen MR) is 77.4 cm³/mol. The molecular formula is C14H20N4O. The third-order valence-electron chi connectivity index (χ3n) is 3.25. The summed E-state index contributed by atoms with van der Waals surface area (Å²) in [6.45, 7) is 2.27. The van der Waals surface area contributed by atoms with Gasteiger partial charge >= 0.3 is 6.03 Å². The molecule has 0 saturated carbocycles. The molecule has 1 aliphatic rings. The summed E-state index contributed by atoms with van der Waals surface area (Å²) in [5.41, 5.74) is 9.29. The number of urea groups is 1. The summed E-state index contributed by atoms with van der Waals surface area (Å²) in [7, 11) is 0. The van der Waals surface area contributed by atoms with Crippen molar-refractivity contribution in [2.24, 2.45) is 10.8 Å². The van der Waals surface area contributed by atoms with Crippen molar-refractivity contribution in [1.29, 1.82) is 0 Å². The number of amides is 2. The lowest BCUT2D eigenvalue weighted by Gasteiger charge is -2.22. The SMILES string of the molecule is NC(=O)N/N=C\c1ccc(N2CCCCCC2)cc1. The van der Waals surface area contributed by atoms with Gasteiger partial charge in [0, 0.05) is 18.8 Å². The zero-order chi connectivity index (χ0) is 13.5. The van der Waals surface area contributed by atoms with Crippen LogP contribution < -0.4 is 16.1 Å². The van der Waals surface area contributed by atoms with E-state index in [0.717, 1.165) is 18.7 Å². The summed E-state index contributed by atoms with van der Waals surface area (Å²) in [5.74, 6) is 0. The molecule has 3 N–H and O–H groups in total. The maximum Gasteiger partial charge on any atom is 0.332 e. The van der Waals surface area contributed by atoms with Gasteiger partial charge < -0.3 is 10.6 Å². The number of benzene rings is 1. The van der Waals surface area contributed by atoms with Crippen LogP contribution in [0.15, 0.2) is 29.4 Å². The molecule has 1 saturated heterocycles. The molecule has 0 unspecified atom stereocenters. The Bertz CT molecular complexity index is 433. The first-order valence-electron chi connectivity index (χ1n) is 6.69. The van der Waals surface area contributed by atoms with Crippen LogP contribution in [0, 0.1) is 0 Å². The fourth-order valence-electron chi connectivity index (χ4n) is 2.27. The van der Waals surface area contributed by atoms with E-state index in [2.05, 4.69) is 27.6 Å². The molecule has 2 amide bonds. The lowest BCUT2D eigenvalue weighted by Crippen LogP contribution is -2.24. The summed E-state index contributed by atoms with van der Waals surface area (Å²) >= 11 is 0. The Labute approximate surface area is 113 Å². The van der Waals surface area contributed by atoms with Crippen molar-refractivity contribution in [2.75, 3.05) is 18.0 Å². The highest BCUT2D eigenvalue weighted by Crippen LogP contribution is 2.19. The number of nitrogens with zero attached hydrogens (tertiary/aromatic N) is 2. The molecule has 0 bridgehead atoms. The first-order chi connectivity index (χ1) is 9.25. The highest BCUT2D eigenvalue weighted by Gasteiger charge is 2.09. The maximum atomic E-state index is 10.5. The van der Waals surface area contributed by atoms with Gasteiger partial charge in [0.15, 0.2) is 0 Å². The number of carbonyl (C=O) groups excluding carboxylic acids is 1. The third-order valence-corrected chi connectivity index (χ3v) is 3.25. The number of rotatable bonds is 3. The van der Waals surface area contributed by atoms with Crippen LogP contribution in [0.1, 0.15) is 31.2 Å². The first-order valence-corrected chi connectivity index (χ1v) is 6.69. The number of primary amides is 1. The van der Waals surface area contributed by atoms with Crippen LogP contribution in [0.25, 0.3) is 0 Å². The number of anilines is 1. The second-order valence-corrected chi connectivity index (χ2v) is 4.73. The summed E-state index contributed by atoms with van der Waals surface area (Å²) < 4.78 is 0. The number of nitrogens with two attached hydrogens (primary N) is 1. The zero-order valence-electron chi connectivity index (χ0n) is 11.0. The fourth-order valence-corrected chi connectivity index (χ4v) is 2.27. The molecule has 0 aromatic heterocycles. The summed E-state index contributed by atoms with van der Waals surface area (Å²) in [6, 6.07) is 7.52. The van der Waals surface area contributed by atoms with E-state index in [-0.39, 0.29) is 0 Å². The highest BCUT2D eigenvalue weighted by atomic mass is 16.2. The van der Waals surface area contributed by atoms with E-state index in [1.165, 1.54) is 31.4 Å². The molecule has 1 heterocycles. The standard InChI is InChI=1S/C14H20N4O/c15-14(19)17-16-11-12-5-7-13(8-6-12)18-9-3-1-2-4-10-18/h5-8,11H,1-4,9-10H2,(H3,15,17,19)/b16-11-. The van der Waals surface area contributed by atoms with Crippen molar-refractivity contribution in [3.8, 4) is 0 Å². The largest absolute Gasteiger partial charge is 0.372 e.